The number of benzene rings is 2. The van der Waals surface area contributed by atoms with E-state index in [2.05, 4.69) is 15.3 Å². The molecule has 1 fully saturated rings. The lowest BCUT2D eigenvalue weighted by Crippen LogP contribution is -2.28. The summed E-state index contributed by atoms with van der Waals surface area (Å²) in [6.45, 7) is 1.31. The smallest absolute Gasteiger partial charge is 0.227 e. The van der Waals surface area contributed by atoms with Crippen molar-refractivity contribution in [2.75, 3.05) is 18.5 Å². The zero-order valence-electron chi connectivity index (χ0n) is 13.3. The molecule has 1 amide bonds. The molecule has 0 radical (unpaired) electrons. The summed E-state index contributed by atoms with van der Waals surface area (Å²) in [5.74, 6) is 0.836. The van der Waals surface area contributed by atoms with E-state index >= 15 is 0 Å². The lowest BCUT2D eigenvalue weighted by atomic mass is 9.99. The van der Waals surface area contributed by atoms with Crippen LogP contribution in [0.1, 0.15) is 12.8 Å². The molecule has 5 nitrogen and oxygen atoms in total. The molecule has 0 saturated carbocycles. The van der Waals surface area contributed by atoms with Crippen LogP contribution in [0.15, 0.2) is 48.5 Å². The number of anilines is 1. The van der Waals surface area contributed by atoms with E-state index in [-0.39, 0.29) is 11.8 Å². The number of carbonyl (C=O) groups excluding carboxylic acids is 1. The van der Waals surface area contributed by atoms with Crippen molar-refractivity contribution in [3.8, 4) is 11.4 Å². The number of fused-ring (bicyclic) bond motifs is 1. The van der Waals surface area contributed by atoms with Gasteiger partial charge in [0.2, 0.25) is 5.91 Å². The molecule has 0 unspecified atom stereocenters. The molecule has 0 atom stereocenters. The van der Waals surface area contributed by atoms with Gasteiger partial charge in [-0.2, -0.15) is 0 Å². The van der Waals surface area contributed by atoms with Crippen molar-refractivity contribution in [3.63, 3.8) is 0 Å². The van der Waals surface area contributed by atoms with Gasteiger partial charge in [-0.25, -0.2) is 4.98 Å². The zero-order valence-corrected chi connectivity index (χ0v) is 13.3. The quantitative estimate of drug-likeness (QED) is 0.774. The molecule has 2 heterocycles. The highest BCUT2D eigenvalue weighted by atomic mass is 16.5. The van der Waals surface area contributed by atoms with Gasteiger partial charge in [0.1, 0.15) is 5.82 Å². The highest BCUT2D eigenvalue weighted by molar-refractivity contribution is 5.96. The van der Waals surface area contributed by atoms with Crippen LogP contribution < -0.4 is 5.32 Å². The highest BCUT2D eigenvalue weighted by Crippen LogP contribution is 2.28. The summed E-state index contributed by atoms with van der Waals surface area (Å²) < 4.78 is 5.33. The fourth-order valence-corrected chi connectivity index (χ4v) is 3.07. The topological polar surface area (TPSA) is 67.0 Å². The van der Waals surface area contributed by atoms with Gasteiger partial charge in [-0.05, 0) is 37.1 Å². The zero-order chi connectivity index (χ0) is 16.4. The van der Waals surface area contributed by atoms with Crippen LogP contribution in [-0.4, -0.2) is 29.1 Å². The number of hydrogen-bond donors (Lipinski definition) is 2. The number of H-pyrrole nitrogens is 1. The highest BCUT2D eigenvalue weighted by Gasteiger charge is 2.22. The van der Waals surface area contributed by atoms with E-state index in [1.165, 1.54) is 0 Å². The second kappa shape index (κ2) is 6.45. The molecule has 2 N–H and O–H groups in total. The summed E-state index contributed by atoms with van der Waals surface area (Å²) in [5, 5.41) is 3.07. The third-order valence-corrected chi connectivity index (χ3v) is 4.42. The largest absolute Gasteiger partial charge is 0.381 e. The number of rotatable bonds is 3. The number of aromatic amines is 1. The summed E-state index contributed by atoms with van der Waals surface area (Å²) in [6.07, 6.45) is 1.55. The molecule has 1 saturated heterocycles. The average Bonchev–Trinajstić information content (AvgIpc) is 3.07. The summed E-state index contributed by atoms with van der Waals surface area (Å²) in [5.41, 5.74) is 3.58. The van der Waals surface area contributed by atoms with Gasteiger partial charge in [-0.15, -0.1) is 0 Å². The van der Waals surface area contributed by atoms with Crippen molar-refractivity contribution in [3.05, 3.63) is 48.5 Å². The molecule has 122 valence electrons. The minimum atomic E-state index is 0.0162. The monoisotopic (exact) mass is 321 g/mol. The molecular weight excluding hydrogens is 302 g/mol. The number of nitrogens with one attached hydrogen (secondary N) is 2. The molecule has 24 heavy (non-hydrogen) atoms. The van der Waals surface area contributed by atoms with Gasteiger partial charge in [-0.1, -0.05) is 24.3 Å². The first-order chi connectivity index (χ1) is 11.8. The Morgan fingerprint density at radius 2 is 1.83 bits per heavy atom. The summed E-state index contributed by atoms with van der Waals surface area (Å²) in [7, 11) is 0. The summed E-state index contributed by atoms with van der Waals surface area (Å²) in [4.78, 5) is 20.5. The lowest BCUT2D eigenvalue weighted by Gasteiger charge is -2.21. The fraction of sp³-hybridized carbons (Fsp3) is 0.263. The van der Waals surface area contributed by atoms with Crippen LogP contribution >= 0.6 is 0 Å². The van der Waals surface area contributed by atoms with Crippen LogP contribution in [0.3, 0.4) is 0 Å². The minimum Gasteiger partial charge on any atom is -0.381 e. The molecule has 3 aromatic rings. The van der Waals surface area contributed by atoms with Gasteiger partial charge in [-0.3, -0.25) is 4.79 Å². The molecule has 4 rings (SSSR count). The van der Waals surface area contributed by atoms with Gasteiger partial charge in [0.25, 0.3) is 0 Å². The molecule has 1 aliphatic rings. The van der Waals surface area contributed by atoms with Crippen LogP contribution in [0.4, 0.5) is 5.69 Å². The Morgan fingerprint density at radius 3 is 2.67 bits per heavy atom. The SMILES string of the molecule is O=C(Nc1ccccc1-c1nc2ccccc2[nH]1)C1CCOCC1. The van der Waals surface area contributed by atoms with Crippen LogP contribution in [-0.2, 0) is 9.53 Å². The van der Waals surface area contributed by atoms with Gasteiger partial charge in [0.05, 0.1) is 16.7 Å². The van der Waals surface area contributed by atoms with Crippen molar-refractivity contribution < 1.29 is 9.53 Å². The number of carbonyl (C=O) groups is 1. The fourth-order valence-electron chi connectivity index (χ4n) is 3.07. The van der Waals surface area contributed by atoms with Crippen molar-refractivity contribution >= 4 is 22.6 Å². The molecule has 0 spiro atoms. The maximum absolute atomic E-state index is 12.5. The third kappa shape index (κ3) is 2.90. The van der Waals surface area contributed by atoms with Gasteiger partial charge < -0.3 is 15.0 Å². The molecule has 5 heteroatoms. The Balaban J connectivity index is 1.63. The Labute approximate surface area is 140 Å². The van der Waals surface area contributed by atoms with Crippen LogP contribution in [0, 0.1) is 5.92 Å². The molecular formula is C19H19N3O2. The molecule has 1 aromatic heterocycles. The van der Waals surface area contributed by atoms with Crippen molar-refractivity contribution in [2.45, 2.75) is 12.8 Å². The number of hydrogen-bond acceptors (Lipinski definition) is 3. The lowest BCUT2D eigenvalue weighted by molar-refractivity contribution is -0.122. The standard InChI is InChI=1S/C19H19N3O2/c23-19(13-9-11-24-12-10-13)22-15-6-2-1-5-14(15)18-20-16-7-3-4-8-17(16)21-18/h1-8,13H,9-12H2,(H,20,21)(H,22,23). The number of para-hydroxylation sites is 3. The first-order valence-corrected chi connectivity index (χ1v) is 8.24. The van der Waals surface area contributed by atoms with E-state index in [1.54, 1.807) is 0 Å². The predicted octanol–water partition coefficient (Wildman–Crippen LogP) is 3.60. The molecule has 1 aliphatic heterocycles. The average molecular weight is 321 g/mol. The number of amides is 1. The molecule has 2 aromatic carbocycles. The van der Waals surface area contributed by atoms with Crippen LogP contribution in [0.25, 0.3) is 22.4 Å². The van der Waals surface area contributed by atoms with E-state index in [0.29, 0.717) is 13.2 Å². The van der Waals surface area contributed by atoms with E-state index in [4.69, 9.17) is 4.74 Å². The number of imidazole rings is 1. The first kappa shape index (κ1) is 14.9. The van der Waals surface area contributed by atoms with Crippen LogP contribution in [0.2, 0.25) is 0 Å². The Bertz CT molecular complexity index is 833. The van der Waals surface area contributed by atoms with Crippen molar-refractivity contribution in [2.24, 2.45) is 5.92 Å². The maximum Gasteiger partial charge on any atom is 0.227 e. The minimum absolute atomic E-state index is 0.0162. The summed E-state index contributed by atoms with van der Waals surface area (Å²) >= 11 is 0. The van der Waals surface area contributed by atoms with Gasteiger partial charge in [0.15, 0.2) is 0 Å². The van der Waals surface area contributed by atoms with E-state index < -0.39 is 0 Å². The second-order valence-corrected chi connectivity index (χ2v) is 6.02. The second-order valence-electron chi connectivity index (χ2n) is 6.02. The third-order valence-electron chi connectivity index (χ3n) is 4.42. The normalized spacial score (nSPS) is 15.5. The van der Waals surface area contributed by atoms with Gasteiger partial charge in [0, 0.05) is 24.7 Å². The number of nitrogens with zero attached hydrogens (tertiary/aromatic N) is 1. The van der Waals surface area contributed by atoms with Gasteiger partial charge >= 0.3 is 0 Å². The Morgan fingerprint density at radius 1 is 1.08 bits per heavy atom. The molecule has 0 aliphatic carbocycles. The maximum atomic E-state index is 12.5. The predicted molar refractivity (Wildman–Crippen MR) is 93.7 cm³/mol. The van der Waals surface area contributed by atoms with E-state index in [1.807, 2.05) is 48.5 Å². The first-order valence-electron chi connectivity index (χ1n) is 8.24. The Hall–Kier alpha value is -2.66. The molecule has 0 bridgehead atoms. The number of aromatic nitrogens is 2. The van der Waals surface area contributed by atoms with E-state index in [0.717, 1.165) is 41.0 Å². The Kier molecular flexibility index (Phi) is 4.01. The summed E-state index contributed by atoms with van der Waals surface area (Å²) in [6, 6.07) is 15.7. The van der Waals surface area contributed by atoms with Crippen LogP contribution in [0.5, 0.6) is 0 Å². The van der Waals surface area contributed by atoms with Crippen molar-refractivity contribution in [1.29, 1.82) is 0 Å². The number of ether oxygens (including phenoxy) is 1. The van der Waals surface area contributed by atoms with E-state index in [9.17, 15) is 4.79 Å². The van der Waals surface area contributed by atoms with Crippen molar-refractivity contribution in [1.82, 2.24) is 9.97 Å².